The van der Waals surface area contributed by atoms with Crippen LogP contribution in [-0.4, -0.2) is 13.2 Å². The van der Waals surface area contributed by atoms with E-state index in [-0.39, 0.29) is 12.1 Å². The average Bonchev–Trinajstić information content (AvgIpc) is 2.38. The van der Waals surface area contributed by atoms with Gasteiger partial charge in [0.2, 0.25) is 0 Å². The monoisotopic (exact) mass is 291 g/mol. The van der Waals surface area contributed by atoms with E-state index in [2.05, 4.69) is 5.32 Å². The number of hydrogen-bond acceptors (Lipinski definition) is 2. The lowest BCUT2D eigenvalue weighted by atomic mass is 9.98. The lowest BCUT2D eigenvalue weighted by Gasteiger charge is -2.19. The number of benzene rings is 2. The third-order valence-corrected chi connectivity index (χ3v) is 3.07. The molecule has 0 spiro atoms. The van der Waals surface area contributed by atoms with E-state index < -0.39 is 11.6 Å². The van der Waals surface area contributed by atoms with E-state index in [4.69, 9.17) is 4.74 Å². The van der Waals surface area contributed by atoms with Gasteiger partial charge in [0.05, 0.1) is 12.1 Å². The fourth-order valence-corrected chi connectivity index (χ4v) is 2.31. The van der Waals surface area contributed by atoms with Crippen LogP contribution in [0, 0.1) is 11.6 Å². The topological polar surface area (TPSA) is 21.3 Å². The van der Waals surface area contributed by atoms with Crippen LogP contribution in [0.25, 0.3) is 0 Å². The maximum Gasteiger partial charge on any atom is 0.126 e. The van der Waals surface area contributed by atoms with Gasteiger partial charge in [0.1, 0.15) is 17.4 Å². The number of ether oxygens (including phenoxy) is 1. The van der Waals surface area contributed by atoms with Crippen LogP contribution in [0.3, 0.4) is 0 Å². The second-order valence-electron chi connectivity index (χ2n) is 5.16. The molecule has 0 saturated carbocycles. The molecule has 1 atom stereocenters. The van der Waals surface area contributed by atoms with E-state index in [1.807, 2.05) is 38.1 Å². The molecule has 0 bridgehead atoms. The summed E-state index contributed by atoms with van der Waals surface area (Å²) >= 11 is 0. The molecule has 2 aromatic carbocycles. The van der Waals surface area contributed by atoms with Crippen LogP contribution in [0.2, 0.25) is 0 Å². The molecular formula is C17H19F2NO. The van der Waals surface area contributed by atoms with Crippen LogP contribution in [0.1, 0.15) is 31.0 Å². The zero-order valence-corrected chi connectivity index (χ0v) is 12.4. The highest BCUT2D eigenvalue weighted by atomic mass is 19.1. The largest absolute Gasteiger partial charge is 0.491 e. The minimum absolute atomic E-state index is 0.0694. The van der Waals surface area contributed by atoms with Crippen molar-refractivity contribution in [3.8, 4) is 5.75 Å². The number of halogens is 2. The molecule has 0 aliphatic heterocycles. The van der Waals surface area contributed by atoms with E-state index in [0.717, 1.165) is 17.4 Å². The number of rotatable bonds is 5. The van der Waals surface area contributed by atoms with E-state index in [9.17, 15) is 8.78 Å². The molecule has 0 aliphatic carbocycles. The van der Waals surface area contributed by atoms with E-state index in [1.54, 1.807) is 7.05 Å². The molecule has 0 fully saturated rings. The van der Waals surface area contributed by atoms with Crippen molar-refractivity contribution in [3.63, 3.8) is 0 Å². The molecule has 0 radical (unpaired) electrons. The van der Waals surface area contributed by atoms with Crippen LogP contribution < -0.4 is 10.1 Å². The Balaban J connectivity index is 2.36. The Labute approximate surface area is 123 Å². The Hall–Kier alpha value is -1.94. The maximum absolute atomic E-state index is 13.4. The van der Waals surface area contributed by atoms with Crippen molar-refractivity contribution in [3.05, 3.63) is 65.2 Å². The summed E-state index contributed by atoms with van der Waals surface area (Å²) in [6.07, 6.45) is 0.0694. The zero-order valence-electron chi connectivity index (χ0n) is 12.4. The van der Waals surface area contributed by atoms with Gasteiger partial charge in [-0.15, -0.1) is 0 Å². The van der Waals surface area contributed by atoms with Gasteiger partial charge in [0.25, 0.3) is 0 Å². The Morgan fingerprint density at radius 3 is 2.19 bits per heavy atom. The van der Waals surface area contributed by atoms with Crippen LogP contribution in [0.15, 0.2) is 42.5 Å². The highest BCUT2D eigenvalue weighted by molar-refractivity contribution is 5.37. The van der Waals surface area contributed by atoms with Gasteiger partial charge in [0.15, 0.2) is 0 Å². The smallest absolute Gasteiger partial charge is 0.126 e. The maximum atomic E-state index is 13.4. The predicted octanol–water partition coefficient (Wildman–Crippen LogP) is 4.06. The van der Waals surface area contributed by atoms with E-state index in [1.165, 1.54) is 12.1 Å². The summed E-state index contributed by atoms with van der Waals surface area (Å²) in [5, 5.41) is 3.08. The predicted molar refractivity (Wildman–Crippen MR) is 79.5 cm³/mol. The van der Waals surface area contributed by atoms with Crippen molar-refractivity contribution in [2.75, 3.05) is 7.05 Å². The molecular weight excluding hydrogens is 272 g/mol. The van der Waals surface area contributed by atoms with Crippen LogP contribution in [0.4, 0.5) is 8.78 Å². The highest BCUT2D eigenvalue weighted by Crippen LogP contribution is 2.26. The van der Waals surface area contributed by atoms with Gasteiger partial charge in [0, 0.05) is 6.07 Å². The molecule has 0 amide bonds. The fourth-order valence-electron chi connectivity index (χ4n) is 2.31. The first-order valence-corrected chi connectivity index (χ1v) is 6.89. The molecule has 112 valence electrons. The first-order valence-electron chi connectivity index (χ1n) is 6.89. The third kappa shape index (κ3) is 4.02. The van der Waals surface area contributed by atoms with Crippen molar-refractivity contribution in [1.29, 1.82) is 0 Å². The van der Waals surface area contributed by atoms with Gasteiger partial charge >= 0.3 is 0 Å². The van der Waals surface area contributed by atoms with Crippen molar-refractivity contribution in [1.82, 2.24) is 5.32 Å². The lowest BCUT2D eigenvalue weighted by Crippen LogP contribution is -2.18. The summed E-state index contributed by atoms with van der Waals surface area (Å²) in [7, 11) is 1.75. The van der Waals surface area contributed by atoms with Crippen molar-refractivity contribution >= 4 is 0 Å². The SMILES string of the molecule is CNC(c1cc(F)cc(F)c1)c1cccc(OC(C)C)c1. The molecule has 0 heterocycles. The molecule has 2 aromatic rings. The summed E-state index contributed by atoms with van der Waals surface area (Å²) in [6.45, 7) is 3.90. The summed E-state index contributed by atoms with van der Waals surface area (Å²) in [6, 6.07) is 10.7. The van der Waals surface area contributed by atoms with Gasteiger partial charge in [-0.2, -0.15) is 0 Å². The van der Waals surface area contributed by atoms with E-state index >= 15 is 0 Å². The minimum atomic E-state index is -0.583. The van der Waals surface area contributed by atoms with Gasteiger partial charge in [-0.1, -0.05) is 12.1 Å². The molecule has 2 rings (SSSR count). The summed E-state index contributed by atoms with van der Waals surface area (Å²) in [5.74, 6) is -0.431. The first-order chi connectivity index (χ1) is 9.99. The van der Waals surface area contributed by atoms with E-state index in [0.29, 0.717) is 5.56 Å². The fraction of sp³-hybridized carbons (Fsp3) is 0.294. The summed E-state index contributed by atoms with van der Waals surface area (Å²) in [4.78, 5) is 0. The van der Waals surface area contributed by atoms with Crippen molar-refractivity contribution < 1.29 is 13.5 Å². The zero-order chi connectivity index (χ0) is 15.4. The Morgan fingerprint density at radius 2 is 1.62 bits per heavy atom. The second kappa shape index (κ2) is 6.68. The molecule has 0 aromatic heterocycles. The first kappa shape index (κ1) is 15.4. The standard InChI is InChI=1S/C17H19F2NO/c1-11(2)21-16-6-4-5-12(9-16)17(20-3)13-7-14(18)10-15(19)8-13/h4-11,17,20H,1-3H3. The van der Waals surface area contributed by atoms with Gasteiger partial charge in [-0.3, -0.25) is 0 Å². The molecule has 21 heavy (non-hydrogen) atoms. The van der Waals surface area contributed by atoms with Gasteiger partial charge in [-0.05, 0) is 56.3 Å². The second-order valence-corrected chi connectivity index (χ2v) is 5.16. The Kier molecular flexibility index (Phi) is 4.91. The molecule has 0 saturated heterocycles. The molecule has 4 heteroatoms. The van der Waals surface area contributed by atoms with Gasteiger partial charge < -0.3 is 10.1 Å². The van der Waals surface area contributed by atoms with Crippen molar-refractivity contribution in [2.24, 2.45) is 0 Å². The molecule has 2 nitrogen and oxygen atoms in total. The Morgan fingerprint density at radius 1 is 0.952 bits per heavy atom. The lowest BCUT2D eigenvalue weighted by molar-refractivity contribution is 0.242. The molecule has 1 N–H and O–H groups in total. The number of hydrogen-bond donors (Lipinski definition) is 1. The average molecular weight is 291 g/mol. The Bertz CT molecular complexity index is 593. The molecule has 1 unspecified atom stereocenters. The minimum Gasteiger partial charge on any atom is -0.491 e. The summed E-state index contributed by atoms with van der Waals surface area (Å²) in [5.41, 5.74) is 1.43. The quantitative estimate of drug-likeness (QED) is 0.897. The van der Waals surface area contributed by atoms with Crippen LogP contribution >= 0.6 is 0 Å². The van der Waals surface area contributed by atoms with Crippen LogP contribution in [-0.2, 0) is 0 Å². The van der Waals surface area contributed by atoms with Gasteiger partial charge in [-0.25, -0.2) is 8.78 Å². The number of nitrogens with one attached hydrogen (secondary N) is 1. The third-order valence-electron chi connectivity index (χ3n) is 3.07. The van der Waals surface area contributed by atoms with Crippen molar-refractivity contribution in [2.45, 2.75) is 26.0 Å². The summed E-state index contributed by atoms with van der Waals surface area (Å²) < 4.78 is 32.5. The molecule has 0 aliphatic rings. The van der Waals surface area contributed by atoms with Crippen LogP contribution in [0.5, 0.6) is 5.75 Å². The highest BCUT2D eigenvalue weighted by Gasteiger charge is 2.15. The normalized spacial score (nSPS) is 12.5.